The van der Waals surface area contributed by atoms with Gasteiger partial charge in [0.15, 0.2) is 9.84 Å². The van der Waals surface area contributed by atoms with Gasteiger partial charge in [-0.1, -0.05) is 13.8 Å². The molecule has 1 aliphatic rings. The van der Waals surface area contributed by atoms with E-state index in [-0.39, 0.29) is 17.4 Å². The number of carboxylic acids is 1. The number of sulfone groups is 1. The van der Waals surface area contributed by atoms with Crippen LogP contribution in [0.25, 0.3) is 0 Å². The molecule has 0 aromatic carbocycles. The summed E-state index contributed by atoms with van der Waals surface area (Å²) in [6.07, 6.45) is 1.43. The van der Waals surface area contributed by atoms with Crippen molar-refractivity contribution in [1.29, 1.82) is 0 Å². The Morgan fingerprint density at radius 2 is 2.00 bits per heavy atom. The summed E-state index contributed by atoms with van der Waals surface area (Å²) in [5.74, 6) is -0.892. The van der Waals surface area contributed by atoms with Crippen LogP contribution in [-0.4, -0.2) is 49.1 Å². The second-order valence-electron chi connectivity index (χ2n) is 5.59. The predicted octanol–water partition coefficient (Wildman–Crippen LogP) is 0.362. The van der Waals surface area contributed by atoms with Crippen LogP contribution < -0.4 is 10.6 Å². The number of carbonyl (C=O) groups excluding carboxylic acids is 1. The zero-order valence-electron chi connectivity index (χ0n) is 11.8. The van der Waals surface area contributed by atoms with Crippen LogP contribution in [0.5, 0.6) is 0 Å². The van der Waals surface area contributed by atoms with Gasteiger partial charge in [-0.2, -0.15) is 0 Å². The molecule has 0 aliphatic carbocycles. The molecule has 0 spiro atoms. The van der Waals surface area contributed by atoms with E-state index in [4.69, 9.17) is 5.11 Å². The van der Waals surface area contributed by atoms with E-state index >= 15 is 0 Å². The van der Waals surface area contributed by atoms with Crippen LogP contribution >= 0.6 is 0 Å². The number of carbonyl (C=O) groups is 2. The van der Waals surface area contributed by atoms with Crippen molar-refractivity contribution in [3.8, 4) is 0 Å². The highest BCUT2D eigenvalue weighted by atomic mass is 32.2. The Morgan fingerprint density at radius 3 is 2.50 bits per heavy atom. The van der Waals surface area contributed by atoms with Crippen LogP contribution in [0.4, 0.5) is 4.79 Å². The van der Waals surface area contributed by atoms with Crippen LogP contribution in [0.1, 0.15) is 33.1 Å². The normalized spacial score (nSPS) is 23.1. The first-order valence-corrected chi connectivity index (χ1v) is 8.52. The van der Waals surface area contributed by atoms with Gasteiger partial charge in [0.25, 0.3) is 0 Å². The maximum atomic E-state index is 11.7. The van der Waals surface area contributed by atoms with Crippen molar-refractivity contribution < 1.29 is 23.1 Å². The highest BCUT2D eigenvalue weighted by Crippen LogP contribution is 2.12. The number of rotatable bonds is 5. The smallest absolute Gasteiger partial charge is 0.326 e. The van der Waals surface area contributed by atoms with Gasteiger partial charge < -0.3 is 15.7 Å². The summed E-state index contributed by atoms with van der Waals surface area (Å²) in [5.41, 5.74) is 0. The molecule has 2 amide bonds. The quantitative estimate of drug-likeness (QED) is 0.679. The van der Waals surface area contributed by atoms with E-state index in [0.29, 0.717) is 19.3 Å². The predicted molar refractivity (Wildman–Crippen MR) is 74.2 cm³/mol. The molecular weight excluding hydrogens is 284 g/mol. The highest BCUT2D eigenvalue weighted by molar-refractivity contribution is 7.91. The Labute approximate surface area is 119 Å². The summed E-state index contributed by atoms with van der Waals surface area (Å²) < 4.78 is 22.9. The first-order valence-electron chi connectivity index (χ1n) is 6.70. The minimum atomic E-state index is -3.10. The molecule has 8 heteroatoms. The standard InChI is InChI=1S/C12H22N2O5S/c1-8(2)6-10(11(15)16)14-12(17)13-9-4-3-5-20(18,19)7-9/h8-10H,3-7H2,1-2H3,(H,15,16)(H2,13,14,17)/t9?,10-/m1/s1. The molecule has 2 atom stereocenters. The summed E-state index contributed by atoms with van der Waals surface area (Å²) in [4.78, 5) is 22.8. The maximum Gasteiger partial charge on any atom is 0.326 e. The first kappa shape index (κ1) is 16.7. The van der Waals surface area contributed by atoms with Crippen LogP contribution in [0.3, 0.4) is 0 Å². The van der Waals surface area contributed by atoms with E-state index in [1.165, 1.54) is 0 Å². The number of hydrogen-bond acceptors (Lipinski definition) is 4. The monoisotopic (exact) mass is 306 g/mol. The minimum absolute atomic E-state index is 0.0810. The van der Waals surface area contributed by atoms with E-state index in [1.807, 2.05) is 13.8 Å². The van der Waals surface area contributed by atoms with Crippen molar-refractivity contribution in [2.75, 3.05) is 11.5 Å². The average molecular weight is 306 g/mol. The van der Waals surface area contributed by atoms with Gasteiger partial charge in [0, 0.05) is 6.04 Å². The van der Waals surface area contributed by atoms with Gasteiger partial charge in [0.05, 0.1) is 11.5 Å². The third-order valence-corrected chi connectivity index (χ3v) is 4.93. The number of nitrogens with one attached hydrogen (secondary N) is 2. The van der Waals surface area contributed by atoms with Crippen LogP contribution in [0.15, 0.2) is 0 Å². The van der Waals surface area contributed by atoms with Crippen molar-refractivity contribution >= 4 is 21.8 Å². The summed E-state index contributed by atoms with van der Waals surface area (Å²) in [6, 6.07) is -2.03. The average Bonchev–Trinajstić information content (AvgIpc) is 2.25. The second-order valence-corrected chi connectivity index (χ2v) is 7.82. The molecule has 0 radical (unpaired) electrons. The van der Waals surface area contributed by atoms with Crippen molar-refractivity contribution in [2.45, 2.75) is 45.2 Å². The molecule has 0 aromatic rings. The molecule has 0 bridgehead atoms. The molecule has 1 heterocycles. The van der Waals surface area contributed by atoms with Gasteiger partial charge in [-0.15, -0.1) is 0 Å². The van der Waals surface area contributed by atoms with E-state index in [0.717, 1.165) is 0 Å². The number of amides is 2. The number of carboxylic acid groups (broad SMARTS) is 1. The van der Waals surface area contributed by atoms with E-state index in [9.17, 15) is 18.0 Å². The SMILES string of the molecule is CC(C)C[C@@H](NC(=O)NC1CCCS(=O)(=O)C1)C(=O)O. The zero-order chi connectivity index (χ0) is 15.3. The molecule has 1 saturated heterocycles. The number of aliphatic carboxylic acids is 1. The van der Waals surface area contributed by atoms with Gasteiger partial charge in [0.2, 0.25) is 0 Å². The Morgan fingerprint density at radius 1 is 1.35 bits per heavy atom. The van der Waals surface area contributed by atoms with Gasteiger partial charge in [-0.05, 0) is 25.2 Å². The van der Waals surface area contributed by atoms with Gasteiger partial charge in [0.1, 0.15) is 6.04 Å². The molecule has 0 saturated carbocycles. The van der Waals surface area contributed by atoms with Crippen LogP contribution in [0, 0.1) is 5.92 Å². The third kappa shape index (κ3) is 5.77. The lowest BCUT2D eigenvalue weighted by molar-refractivity contribution is -0.139. The number of hydrogen-bond donors (Lipinski definition) is 3. The molecule has 116 valence electrons. The van der Waals surface area contributed by atoms with Crippen LogP contribution in [-0.2, 0) is 14.6 Å². The van der Waals surface area contributed by atoms with Gasteiger partial charge >= 0.3 is 12.0 Å². The highest BCUT2D eigenvalue weighted by Gasteiger charge is 2.27. The fourth-order valence-electron chi connectivity index (χ4n) is 2.21. The first-order chi connectivity index (χ1) is 9.19. The lowest BCUT2D eigenvalue weighted by atomic mass is 10.0. The van der Waals surface area contributed by atoms with E-state index in [2.05, 4.69) is 10.6 Å². The van der Waals surface area contributed by atoms with Crippen molar-refractivity contribution in [2.24, 2.45) is 5.92 Å². The minimum Gasteiger partial charge on any atom is -0.480 e. The second kappa shape index (κ2) is 6.92. The fourth-order valence-corrected chi connectivity index (χ4v) is 3.85. The molecule has 0 aromatic heterocycles. The van der Waals surface area contributed by atoms with Crippen molar-refractivity contribution in [3.63, 3.8) is 0 Å². The lowest BCUT2D eigenvalue weighted by Gasteiger charge is -2.24. The Balaban J connectivity index is 2.51. The van der Waals surface area contributed by atoms with E-state index in [1.54, 1.807) is 0 Å². The molecule has 1 aliphatic heterocycles. The van der Waals surface area contributed by atoms with Crippen molar-refractivity contribution in [3.05, 3.63) is 0 Å². The van der Waals surface area contributed by atoms with Gasteiger partial charge in [-0.3, -0.25) is 0 Å². The summed E-state index contributed by atoms with van der Waals surface area (Å²) in [5, 5.41) is 13.9. The summed E-state index contributed by atoms with van der Waals surface area (Å²) in [7, 11) is -3.10. The summed E-state index contributed by atoms with van der Waals surface area (Å²) >= 11 is 0. The molecule has 20 heavy (non-hydrogen) atoms. The van der Waals surface area contributed by atoms with Crippen molar-refractivity contribution in [1.82, 2.24) is 10.6 Å². The molecule has 1 rings (SSSR count). The third-order valence-electron chi connectivity index (χ3n) is 3.11. The summed E-state index contributed by atoms with van der Waals surface area (Å²) in [6.45, 7) is 3.73. The molecular formula is C12H22N2O5S. The Kier molecular flexibility index (Phi) is 5.79. The Hall–Kier alpha value is -1.31. The fraction of sp³-hybridized carbons (Fsp3) is 0.833. The van der Waals surface area contributed by atoms with E-state index < -0.39 is 33.9 Å². The molecule has 1 fully saturated rings. The topological polar surface area (TPSA) is 113 Å². The molecule has 3 N–H and O–H groups in total. The maximum absolute atomic E-state index is 11.7. The van der Waals surface area contributed by atoms with Crippen LogP contribution in [0.2, 0.25) is 0 Å². The largest absolute Gasteiger partial charge is 0.480 e. The molecule has 7 nitrogen and oxygen atoms in total. The number of urea groups is 1. The Bertz CT molecular complexity index is 460. The zero-order valence-corrected chi connectivity index (χ0v) is 12.6. The molecule has 1 unspecified atom stereocenters. The lowest BCUT2D eigenvalue weighted by Crippen LogP contribution is -2.51. The van der Waals surface area contributed by atoms with Gasteiger partial charge in [-0.25, -0.2) is 18.0 Å².